The van der Waals surface area contributed by atoms with Crippen LogP contribution >= 0.6 is 15.9 Å². The van der Waals surface area contributed by atoms with Gasteiger partial charge in [-0.05, 0) is 25.1 Å². The monoisotopic (exact) mass is 256 g/mol. The highest BCUT2D eigenvalue weighted by Crippen LogP contribution is 2.33. The second-order valence-corrected chi connectivity index (χ2v) is 4.42. The summed E-state index contributed by atoms with van der Waals surface area (Å²) in [7, 11) is 0. The third-order valence-electron chi connectivity index (χ3n) is 2.02. The highest BCUT2D eigenvalue weighted by Gasteiger charge is 2.18. The highest BCUT2D eigenvalue weighted by atomic mass is 79.9. The lowest BCUT2D eigenvalue weighted by molar-refractivity contribution is 0.0995. The first-order valence-electron chi connectivity index (χ1n) is 4.26. The van der Waals surface area contributed by atoms with Crippen LogP contribution in [0.5, 0.6) is 11.5 Å². The number of alkyl halides is 1. The molecule has 74 valence electrons. The zero-order valence-electron chi connectivity index (χ0n) is 7.62. The summed E-state index contributed by atoms with van der Waals surface area (Å²) in [6, 6.07) is 5.21. The predicted molar refractivity (Wildman–Crippen MR) is 55.3 cm³/mol. The van der Waals surface area contributed by atoms with Gasteiger partial charge >= 0.3 is 0 Å². The van der Waals surface area contributed by atoms with Gasteiger partial charge in [-0.3, -0.25) is 4.79 Å². The van der Waals surface area contributed by atoms with Gasteiger partial charge in [-0.15, -0.1) is 0 Å². The Bertz CT molecular complexity index is 374. The molecule has 1 aliphatic heterocycles. The SMILES string of the molecule is C[C@@H](Br)C(=O)c1ccc2c(c1)OCO2. The van der Waals surface area contributed by atoms with Crippen LogP contribution < -0.4 is 9.47 Å². The van der Waals surface area contributed by atoms with E-state index in [2.05, 4.69) is 15.9 Å². The molecule has 0 saturated heterocycles. The maximum Gasteiger partial charge on any atom is 0.231 e. The van der Waals surface area contributed by atoms with Crippen LogP contribution in [0.25, 0.3) is 0 Å². The fraction of sp³-hybridized carbons (Fsp3) is 0.300. The highest BCUT2D eigenvalue weighted by molar-refractivity contribution is 9.10. The second-order valence-electron chi connectivity index (χ2n) is 3.05. The molecule has 0 spiro atoms. The van der Waals surface area contributed by atoms with Crippen molar-refractivity contribution in [3.05, 3.63) is 23.8 Å². The molecule has 0 unspecified atom stereocenters. The number of ketones is 1. The summed E-state index contributed by atoms with van der Waals surface area (Å²) < 4.78 is 10.3. The molecule has 0 bridgehead atoms. The Kier molecular flexibility index (Phi) is 2.46. The zero-order valence-corrected chi connectivity index (χ0v) is 9.21. The molecule has 0 amide bonds. The van der Waals surface area contributed by atoms with Crippen LogP contribution in [0.1, 0.15) is 17.3 Å². The normalized spacial score (nSPS) is 15.3. The summed E-state index contributed by atoms with van der Waals surface area (Å²) in [4.78, 5) is 11.4. The number of hydrogen-bond acceptors (Lipinski definition) is 3. The molecule has 0 N–H and O–H groups in total. The fourth-order valence-electron chi connectivity index (χ4n) is 1.28. The van der Waals surface area contributed by atoms with Gasteiger partial charge in [-0.1, -0.05) is 15.9 Å². The van der Waals surface area contributed by atoms with Crippen molar-refractivity contribution in [1.82, 2.24) is 0 Å². The Morgan fingerprint density at radius 3 is 2.86 bits per heavy atom. The van der Waals surface area contributed by atoms with E-state index in [1.54, 1.807) is 25.1 Å². The molecule has 0 fully saturated rings. The largest absolute Gasteiger partial charge is 0.454 e. The number of hydrogen-bond donors (Lipinski definition) is 0. The minimum Gasteiger partial charge on any atom is -0.454 e. The molecule has 1 heterocycles. The van der Waals surface area contributed by atoms with Gasteiger partial charge in [0, 0.05) is 5.56 Å². The fourth-order valence-corrected chi connectivity index (χ4v) is 1.54. The molecule has 1 aromatic rings. The Labute approximate surface area is 90.1 Å². The van der Waals surface area contributed by atoms with E-state index < -0.39 is 0 Å². The van der Waals surface area contributed by atoms with E-state index in [0.29, 0.717) is 17.1 Å². The van der Waals surface area contributed by atoms with Gasteiger partial charge in [0.25, 0.3) is 0 Å². The van der Waals surface area contributed by atoms with E-state index in [1.807, 2.05) is 0 Å². The summed E-state index contributed by atoms with van der Waals surface area (Å²) in [6.45, 7) is 2.03. The van der Waals surface area contributed by atoms with Crippen molar-refractivity contribution in [3.63, 3.8) is 0 Å². The van der Waals surface area contributed by atoms with Gasteiger partial charge in [0.05, 0.1) is 4.83 Å². The van der Waals surface area contributed by atoms with Crippen LogP contribution in [0.2, 0.25) is 0 Å². The van der Waals surface area contributed by atoms with Crippen molar-refractivity contribution in [1.29, 1.82) is 0 Å². The van der Waals surface area contributed by atoms with Crippen LogP contribution in [0, 0.1) is 0 Å². The number of fused-ring (bicyclic) bond motifs is 1. The first kappa shape index (κ1) is 9.52. The van der Waals surface area contributed by atoms with Gasteiger partial charge in [-0.25, -0.2) is 0 Å². The zero-order chi connectivity index (χ0) is 10.1. The minimum absolute atomic E-state index is 0.0447. The van der Waals surface area contributed by atoms with Crippen LogP contribution in [-0.2, 0) is 0 Å². The maximum absolute atomic E-state index is 11.6. The van der Waals surface area contributed by atoms with Crippen molar-refractivity contribution in [2.45, 2.75) is 11.8 Å². The lowest BCUT2D eigenvalue weighted by atomic mass is 10.1. The summed E-state index contributed by atoms with van der Waals surface area (Å²) >= 11 is 3.24. The van der Waals surface area contributed by atoms with Crippen molar-refractivity contribution in [2.24, 2.45) is 0 Å². The van der Waals surface area contributed by atoms with E-state index in [4.69, 9.17) is 9.47 Å². The third-order valence-corrected chi connectivity index (χ3v) is 2.43. The standard InChI is InChI=1S/C10H9BrO3/c1-6(11)10(12)7-2-3-8-9(4-7)14-5-13-8/h2-4,6H,5H2,1H3/t6-/m1/s1. The molecular formula is C10H9BrO3. The summed E-state index contributed by atoms with van der Waals surface area (Å²) in [6.07, 6.45) is 0. The molecule has 4 heteroatoms. The van der Waals surface area contributed by atoms with Crippen LogP contribution in [0.4, 0.5) is 0 Å². The lowest BCUT2D eigenvalue weighted by Gasteiger charge is -2.03. The predicted octanol–water partition coefficient (Wildman–Crippen LogP) is 2.38. The van der Waals surface area contributed by atoms with Gasteiger partial charge in [-0.2, -0.15) is 0 Å². The number of carbonyl (C=O) groups is 1. The number of ether oxygens (including phenoxy) is 2. The Morgan fingerprint density at radius 1 is 1.43 bits per heavy atom. The Balaban J connectivity index is 2.33. The number of halogens is 1. The summed E-state index contributed by atoms with van der Waals surface area (Å²) in [5.41, 5.74) is 0.638. The van der Waals surface area contributed by atoms with E-state index in [1.165, 1.54) is 0 Å². The van der Waals surface area contributed by atoms with Crippen LogP contribution in [0.3, 0.4) is 0 Å². The molecule has 0 aliphatic carbocycles. The quantitative estimate of drug-likeness (QED) is 0.602. The van der Waals surface area contributed by atoms with Crippen molar-refractivity contribution in [3.8, 4) is 11.5 Å². The van der Waals surface area contributed by atoms with E-state index >= 15 is 0 Å². The van der Waals surface area contributed by atoms with Crippen molar-refractivity contribution < 1.29 is 14.3 Å². The first-order chi connectivity index (χ1) is 6.68. The van der Waals surface area contributed by atoms with E-state index in [0.717, 1.165) is 0 Å². The van der Waals surface area contributed by atoms with Crippen LogP contribution in [0.15, 0.2) is 18.2 Å². The summed E-state index contributed by atoms with van der Waals surface area (Å²) in [5.74, 6) is 1.39. The topological polar surface area (TPSA) is 35.5 Å². The van der Waals surface area contributed by atoms with Gasteiger partial charge in [0.15, 0.2) is 17.3 Å². The molecule has 2 rings (SSSR count). The smallest absolute Gasteiger partial charge is 0.231 e. The molecule has 1 aromatic carbocycles. The molecule has 0 radical (unpaired) electrons. The molecule has 1 atom stereocenters. The first-order valence-corrected chi connectivity index (χ1v) is 5.18. The molecular weight excluding hydrogens is 248 g/mol. The van der Waals surface area contributed by atoms with Crippen molar-refractivity contribution in [2.75, 3.05) is 6.79 Å². The van der Waals surface area contributed by atoms with Crippen LogP contribution in [-0.4, -0.2) is 17.4 Å². The van der Waals surface area contributed by atoms with Gasteiger partial charge < -0.3 is 9.47 Å². The number of rotatable bonds is 2. The summed E-state index contributed by atoms with van der Waals surface area (Å²) in [5, 5.41) is 0. The Hall–Kier alpha value is -1.03. The third kappa shape index (κ3) is 1.62. The number of Topliss-reactive ketones (excluding diaryl/α,β-unsaturated/α-hetero) is 1. The van der Waals surface area contributed by atoms with E-state index in [9.17, 15) is 4.79 Å². The second kappa shape index (κ2) is 3.61. The average Bonchev–Trinajstić information content (AvgIpc) is 2.62. The molecule has 0 saturated carbocycles. The molecule has 14 heavy (non-hydrogen) atoms. The van der Waals surface area contributed by atoms with Gasteiger partial charge in [0.2, 0.25) is 6.79 Å². The molecule has 0 aromatic heterocycles. The molecule has 3 nitrogen and oxygen atoms in total. The molecule has 1 aliphatic rings. The number of carbonyl (C=O) groups excluding carboxylic acids is 1. The Morgan fingerprint density at radius 2 is 2.14 bits per heavy atom. The van der Waals surface area contributed by atoms with Gasteiger partial charge in [0.1, 0.15) is 0 Å². The average molecular weight is 257 g/mol. The maximum atomic E-state index is 11.6. The van der Waals surface area contributed by atoms with E-state index in [-0.39, 0.29) is 17.4 Å². The number of benzene rings is 1. The minimum atomic E-state index is -0.178. The lowest BCUT2D eigenvalue weighted by Crippen LogP contribution is -2.09. The van der Waals surface area contributed by atoms with Crippen molar-refractivity contribution >= 4 is 21.7 Å².